The zero-order chi connectivity index (χ0) is 18.4. The first-order chi connectivity index (χ1) is 12.6. The van der Waals surface area contributed by atoms with Crippen LogP contribution in [-0.2, 0) is 16.1 Å². The molecule has 0 radical (unpaired) electrons. The number of carbonyl (C=O) groups excluding carboxylic acids is 1. The molecule has 1 heterocycles. The van der Waals surface area contributed by atoms with Gasteiger partial charge in [0.15, 0.2) is 6.61 Å². The first kappa shape index (κ1) is 19.4. The highest BCUT2D eigenvalue weighted by molar-refractivity contribution is 9.11. The van der Waals surface area contributed by atoms with Gasteiger partial charge in [-0.15, -0.1) is 0 Å². The summed E-state index contributed by atoms with van der Waals surface area (Å²) in [6.07, 6.45) is 0. The Morgan fingerprint density at radius 1 is 1.12 bits per heavy atom. The molecule has 7 heteroatoms. The lowest BCUT2D eigenvalue weighted by molar-refractivity contribution is -0.118. The highest BCUT2D eigenvalue weighted by Crippen LogP contribution is 2.28. The third-order valence-corrected chi connectivity index (χ3v) is 5.11. The second kappa shape index (κ2) is 9.50. The number of nitrogens with one attached hydrogen (secondary N) is 1. The summed E-state index contributed by atoms with van der Waals surface area (Å²) < 4.78 is 12.7. The summed E-state index contributed by atoms with van der Waals surface area (Å²) in [6.45, 7) is 4.36. The smallest absolute Gasteiger partial charge is 0.262 e. The minimum Gasteiger partial charge on any atom is -0.483 e. The van der Waals surface area contributed by atoms with Gasteiger partial charge in [0.1, 0.15) is 5.75 Å². The van der Waals surface area contributed by atoms with E-state index >= 15 is 0 Å². The molecular formula is C19H20Br2N2O3. The third kappa shape index (κ3) is 5.81. The van der Waals surface area contributed by atoms with Crippen molar-refractivity contribution in [3.05, 3.63) is 57.0 Å². The van der Waals surface area contributed by atoms with E-state index < -0.39 is 0 Å². The second-order valence-corrected chi connectivity index (χ2v) is 7.77. The summed E-state index contributed by atoms with van der Waals surface area (Å²) in [5.74, 6) is 0.435. The summed E-state index contributed by atoms with van der Waals surface area (Å²) in [7, 11) is 0. The molecule has 0 aromatic heterocycles. The van der Waals surface area contributed by atoms with Gasteiger partial charge in [0.05, 0.1) is 17.7 Å². The van der Waals surface area contributed by atoms with Crippen molar-refractivity contribution in [3.8, 4) is 5.75 Å². The Morgan fingerprint density at radius 2 is 1.85 bits per heavy atom. The molecule has 0 atom stereocenters. The van der Waals surface area contributed by atoms with Crippen molar-refractivity contribution in [2.45, 2.75) is 6.54 Å². The third-order valence-electron chi connectivity index (χ3n) is 4.00. The van der Waals surface area contributed by atoms with Gasteiger partial charge in [0.25, 0.3) is 5.91 Å². The van der Waals surface area contributed by atoms with E-state index in [4.69, 9.17) is 9.47 Å². The molecule has 1 fully saturated rings. The number of ether oxygens (including phenoxy) is 2. The van der Waals surface area contributed by atoms with E-state index in [1.165, 1.54) is 5.56 Å². The van der Waals surface area contributed by atoms with Gasteiger partial charge in [-0.3, -0.25) is 9.69 Å². The van der Waals surface area contributed by atoms with E-state index in [0.717, 1.165) is 47.5 Å². The number of amides is 1. The first-order valence-corrected chi connectivity index (χ1v) is 9.95. The fourth-order valence-corrected chi connectivity index (χ4v) is 3.81. The van der Waals surface area contributed by atoms with Crippen LogP contribution in [0, 0.1) is 0 Å². The fourth-order valence-electron chi connectivity index (χ4n) is 2.64. The molecule has 1 aliphatic heterocycles. The molecule has 5 nitrogen and oxygen atoms in total. The molecule has 0 spiro atoms. The van der Waals surface area contributed by atoms with Crippen LogP contribution in [0.5, 0.6) is 5.75 Å². The number of nitrogens with zero attached hydrogens (tertiary/aromatic N) is 1. The Bertz CT molecular complexity index is 747. The molecule has 0 aliphatic carbocycles. The standard InChI is InChI=1S/C19H20Br2N2O3/c20-15-3-6-18(17(21)11-15)26-13-19(24)22-16-4-1-14(2-5-16)12-23-7-9-25-10-8-23/h1-6,11H,7-10,12-13H2,(H,22,24). The van der Waals surface area contributed by atoms with Crippen molar-refractivity contribution >= 4 is 43.5 Å². The summed E-state index contributed by atoms with van der Waals surface area (Å²) >= 11 is 6.80. The Kier molecular flexibility index (Phi) is 7.07. The molecule has 26 heavy (non-hydrogen) atoms. The van der Waals surface area contributed by atoms with E-state index in [1.54, 1.807) is 0 Å². The van der Waals surface area contributed by atoms with Gasteiger partial charge in [-0.05, 0) is 51.8 Å². The van der Waals surface area contributed by atoms with Crippen molar-refractivity contribution < 1.29 is 14.3 Å². The maximum atomic E-state index is 12.1. The second-order valence-electron chi connectivity index (χ2n) is 6.00. The monoisotopic (exact) mass is 482 g/mol. The highest BCUT2D eigenvalue weighted by Gasteiger charge is 2.11. The summed E-state index contributed by atoms with van der Waals surface area (Å²) in [4.78, 5) is 14.4. The molecule has 1 N–H and O–H groups in total. The van der Waals surface area contributed by atoms with Crippen LogP contribution in [0.15, 0.2) is 51.4 Å². The minimum atomic E-state index is -0.194. The van der Waals surface area contributed by atoms with Crippen LogP contribution in [0.1, 0.15) is 5.56 Å². The van der Waals surface area contributed by atoms with Crippen LogP contribution in [0.4, 0.5) is 5.69 Å². The Hall–Kier alpha value is -1.41. The average molecular weight is 484 g/mol. The lowest BCUT2D eigenvalue weighted by Gasteiger charge is -2.26. The normalized spacial score (nSPS) is 14.8. The van der Waals surface area contributed by atoms with Gasteiger partial charge < -0.3 is 14.8 Å². The summed E-state index contributed by atoms with van der Waals surface area (Å²) in [5, 5.41) is 2.85. The minimum absolute atomic E-state index is 0.0459. The van der Waals surface area contributed by atoms with E-state index in [2.05, 4.69) is 42.1 Å². The van der Waals surface area contributed by atoms with Gasteiger partial charge in [0.2, 0.25) is 0 Å². The molecule has 1 saturated heterocycles. The maximum absolute atomic E-state index is 12.1. The Labute approximate surface area is 169 Å². The predicted molar refractivity (Wildman–Crippen MR) is 109 cm³/mol. The van der Waals surface area contributed by atoms with Gasteiger partial charge in [-0.25, -0.2) is 0 Å². The molecule has 2 aromatic carbocycles. The van der Waals surface area contributed by atoms with Crippen molar-refractivity contribution in [1.82, 2.24) is 4.90 Å². The lowest BCUT2D eigenvalue weighted by atomic mass is 10.2. The van der Waals surface area contributed by atoms with Crippen LogP contribution < -0.4 is 10.1 Å². The molecule has 0 unspecified atom stereocenters. The quantitative estimate of drug-likeness (QED) is 0.673. The van der Waals surface area contributed by atoms with Crippen LogP contribution >= 0.6 is 31.9 Å². The predicted octanol–water partition coefficient (Wildman–Crippen LogP) is 4.06. The Balaban J connectivity index is 1.47. The van der Waals surface area contributed by atoms with Crippen LogP contribution in [-0.4, -0.2) is 43.7 Å². The molecule has 0 saturated carbocycles. The molecule has 2 aromatic rings. The zero-order valence-electron chi connectivity index (χ0n) is 14.2. The topological polar surface area (TPSA) is 50.8 Å². The molecule has 3 rings (SSSR count). The van der Waals surface area contributed by atoms with Crippen LogP contribution in [0.2, 0.25) is 0 Å². The Morgan fingerprint density at radius 3 is 2.54 bits per heavy atom. The van der Waals surface area contributed by atoms with E-state index in [9.17, 15) is 4.79 Å². The molecule has 1 amide bonds. The number of morpholine rings is 1. The van der Waals surface area contributed by atoms with E-state index in [-0.39, 0.29) is 12.5 Å². The maximum Gasteiger partial charge on any atom is 0.262 e. The van der Waals surface area contributed by atoms with E-state index in [1.807, 2.05) is 42.5 Å². The summed E-state index contributed by atoms with van der Waals surface area (Å²) in [6, 6.07) is 13.5. The number of benzene rings is 2. The van der Waals surface area contributed by atoms with Gasteiger partial charge >= 0.3 is 0 Å². The molecule has 0 bridgehead atoms. The molecule has 138 valence electrons. The SMILES string of the molecule is O=C(COc1ccc(Br)cc1Br)Nc1ccc(CN2CCOCC2)cc1. The number of carbonyl (C=O) groups is 1. The number of anilines is 1. The van der Waals surface area contributed by atoms with Crippen LogP contribution in [0.3, 0.4) is 0 Å². The van der Waals surface area contributed by atoms with Gasteiger partial charge in [-0.2, -0.15) is 0 Å². The van der Waals surface area contributed by atoms with Crippen molar-refractivity contribution in [3.63, 3.8) is 0 Å². The zero-order valence-corrected chi connectivity index (χ0v) is 17.4. The van der Waals surface area contributed by atoms with Crippen molar-refractivity contribution in [2.24, 2.45) is 0 Å². The summed E-state index contributed by atoms with van der Waals surface area (Å²) in [5.41, 5.74) is 1.99. The average Bonchev–Trinajstić information content (AvgIpc) is 2.63. The van der Waals surface area contributed by atoms with Gasteiger partial charge in [-0.1, -0.05) is 28.1 Å². The van der Waals surface area contributed by atoms with Gasteiger partial charge in [0, 0.05) is 29.8 Å². The molecular weight excluding hydrogens is 464 g/mol. The van der Waals surface area contributed by atoms with Crippen molar-refractivity contribution in [1.29, 1.82) is 0 Å². The van der Waals surface area contributed by atoms with Crippen molar-refractivity contribution in [2.75, 3.05) is 38.2 Å². The first-order valence-electron chi connectivity index (χ1n) is 8.37. The van der Waals surface area contributed by atoms with E-state index in [0.29, 0.717) is 5.75 Å². The number of rotatable bonds is 6. The largest absolute Gasteiger partial charge is 0.483 e. The number of hydrogen-bond donors (Lipinski definition) is 1. The van der Waals surface area contributed by atoms with Crippen LogP contribution in [0.25, 0.3) is 0 Å². The lowest BCUT2D eigenvalue weighted by Crippen LogP contribution is -2.35. The highest BCUT2D eigenvalue weighted by atomic mass is 79.9. The molecule has 1 aliphatic rings. The fraction of sp³-hybridized carbons (Fsp3) is 0.316. The number of hydrogen-bond acceptors (Lipinski definition) is 4. The number of halogens is 2.